The molecule has 6 rings (SSSR count). The van der Waals surface area contributed by atoms with Crippen molar-refractivity contribution in [2.75, 3.05) is 44.2 Å². The van der Waals surface area contributed by atoms with Crippen LogP contribution >= 0.6 is 0 Å². The number of likely N-dealkylation sites (tertiary alicyclic amines) is 1. The summed E-state index contributed by atoms with van der Waals surface area (Å²) in [6.45, 7) is 12.8. The van der Waals surface area contributed by atoms with E-state index >= 15 is 0 Å². The van der Waals surface area contributed by atoms with E-state index in [1.807, 2.05) is 35.0 Å². The molecular weight excluding hydrogens is 472 g/mol. The fraction of sp³-hybridized carbons (Fsp3) is 0.387. The van der Waals surface area contributed by atoms with Gasteiger partial charge in [0.25, 0.3) is 0 Å². The van der Waals surface area contributed by atoms with Crippen LogP contribution in [0.15, 0.2) is 79.6 Å². The number of benzene rings is 1. The molecule has 0 spiro atoms. The molecule has 3 aromatic rings. The second kappa shape index (κ2) is 10.2. The summed E-state index contributed by atoms with van der Waals surface area (Å²) < 4.78 is 1.96. The molecule has 2 fully saturated rings. The lowest BCUT2D eigenvalue weighted by molar-refractivity contribution is -0.138. The third-order valence-corrected chi connectivity index (χ3v) is 8.51. The zero-order chi connectivity index (χ0) is 26.1. The molecule has 2 aromatic heterocycles. The number of hydrogen-bond acceptors (Lipinski definition) is 5. The van der Waals surface area contributed by atoms with Gasteiger partial charge in [0.2, 0.25) is 5.91 Å². The SMILES string of the molecule is C=C/C=C(\C=C)C1(c2ccccc2)CCCN(C(=O)C2CN(c3c4c(nc5ccnn35)CCNCC4)C2)C1. The van der Waals surface area contributed by atoms with Gasteiger partial charge in [-0.25, -0.2) is 4.98 Å². The minimum Gasteiger partial charge on any atom is -0.354 e. The fourth-order valence-electron chi connectivity index (χ4n) is 6.59. The maximum absolute atomic E-state index is 13.9. The Bertz CT molecular complexity index is 1390. The lowest BCUT2D eigenvalue weighted by Crippen LogP contribution is -2.58. The van der Waals surface area contributed by atoms with E-state index in [0.717, 1.165) is 68.0 Å². The third-order valence-electron chi connectivity index (χ3n) is 8.51. The first-order valence-corrected chi connectivity index (χ1v) is 13.8. The second-order valence-electron chi connectivity index (χ2n) is 10.7. The molecule has 3 aliphatic rings. The van der Waals surface area contributed by atoms with Gasteiger partial charge in [0, 0.05) is 56.2 Å². The highest BCUT2D eigenvalue weighted by Gasteiger charge is 2.44. The van der Waals surface area contributed by atoms with Gasteiger partial charge < -0.3 is 15.1 Å². The van der Waals surface area contributed by atoms with Crippen molar-refractivity contribution in [3.05, 3.63) is 96.4 Å². The number of aromatic nitrogens is 3. The van der Waals surface area contributed by atoms with Gasteiger partial charge in [0.05, 0.1) is 17.8 Å². The van der Waals surface area contributed by atoms with Gasteiger partial charge in [-0.3, -0.25) is 4.79 Å². The van der Waals surface area contributed by atoms with E-state index < -0.39 is 0 Å². The Balaban J connectivity index is 1.25. The molecule has 1 atom stereocenters. The van der Waals surface area contributed by atoms with Gasteiger partial charge in [-0.05, 0) is 36.9 Å². The summed E-state index contributed by atoms with van der Waals surface area (Å²) in [6, 6.07) is 12.5. The lowest BCUT2D eigenvalue weighted by atomic mass is 9.68. The number of piperidine rings is 1. The number of rotatable bonds is 6. The molecule has 7 nitrogen and oxygen atoms in total. The van der Waals surface area contributed by atoms with Crippen LogP contribution in [0.2, 0.25) is 0 Å². The van der Waals surface area contributed by atoms with Crippen LogP contribution in [0.5, 0.6) is 0 Å². The van der Waals surface area contributed by atoms with E-state index in [9.17, 15) is 4.79 Å². The minimum atomic E-state index is -0.273. The Kier molecular flexibility index (Phi) is 6.62. The van der Waals surface area contributed by atoms with Crippen LogP contribution in [0.1, 0.15) is 29.7 Å². The Hall–Kier alpha value is -3.71. The van der Waals surface area contributed by atoms with Crippen molar-refractivity contribution in [3.63, 3.8) is 0 Å². The standard InChI is InChI=1S/C31H36N6O/c1-3-9-24(4-2)31(25-10-6-5-7-11-25)15-8-19-35(22-31)30(38)23-20-36(21-23)29-26-12-16-32-17-13-27(26)34-28-14-18-33-37(28)29/h3-7,9-11,14,18,23,32H,1-2,8,12-13,15-17,19-22H2/b24-9+. The number of nitrogens with zero attached hydrogens (tertiary/aromatic N) is 5. The normalized spacial score (nSPS) is 22.5. The van der Waals surface area contributed by atoms with E-state index in [2.05, 4.69) is 63.7 Å². The molecule has 2 saturated heterocycles. The Morgan fingerprint density at radius 1 is 1.11 bits per heavy atom. The molecule has 0 aliphatic carbocycles. The van der Waals surface area contributed by atoms with E-state index in [4.69, 9.17) is 4.98 Å². The van der Waals surface area contributed by atoms with Gasteiger partial charge in [-0.15, -0.1) is 0 Å². The average molecular weight is 509 g/mol. The predicted octanol–water partition coefficient (Wildman–Crippen LogP) is 3.71. The lowest BCUT2D eigenvalue weighted by Gasteiger charge is -2.48. The average Bonchev–Trinajstić information content (AvgIpc) is 3.27. The fourth-order valence-corrected chi connectivity index (χ4v) is 6.59. The number of fused-ring (bicyclic) bond motifs is 2. The maximum atomic E-state index is 13.9. The van der Waals surface area contributed by atoms with Crippen molar-refractivity contribution in [2.24, 2.45) is 5.92 Å². The number of carbonyl (C=O) groups excluding carboxylic acids is 1. The van der Waals surface area contributed by atoms with Gasteiger partial charge in [0.1, 0.15) is 5.82 Å². The molecule has 1 N–H and O–H groups in total. The number of amides is 1. The van der Waals surface area contributed by atoms with Crippen LogP contribution in [0.25, 0.3) is 5.65 Å². The minimum absolute atomic E-state index is 0.0181. The van der Waals surface area contributed by atoms with Gasteiger partial charge in [-0.2, -0.15) is 9.61 Å². The van der Waals surface area contributed by atoms with Gasteiger partial charge in [0.15, 0.2) is 5.65 Å². The highest BCUT2D eigenvalue weighted by atomic mass is 16.2. The monoisotopic (exact) mass is 508 g/mol. The summed E-state index contributed by atoms with van der Waals surface area (Å²) >= 11 is 0. The van der Waals surface area contributed by atoms with Crippen LogP contribution in [0, 0.1) is 5.92 Å². The molecule has 3 aliphatic heterocycles. The summed E-state index contributed by atoms with van der Waals surface area (Å²) in [4.78, 5) is 23.2. The van der Waals surface area contributed by atoms with Crippen molar-refractivity contribution in [3.8, 4) is 0 Å². The van der Waals surface area contributed by atoms with Crippen molar-refractivity contribution in [1.29, 1.82) is 0 Å². The molecule has 1 amide bonds. The second-order valence-corrected chi connectivity index (χ2v) is 10.7. The first kappa shape index (κ1) is 24.6. The first-order chi connectivity index (χ1) is 18.6. The highest BCUT2D eigenvalue weighted by molar-refractivity contribution is 5.83. The van der Waals surface area contributed by atoms with Crippen molar-refractivity contribution < 1.29 is 4.79 Å². The van der Waals surface area contributed by atoms with E-state index in [0.29, 0.717) is 19.6 Å². The van der Waals surface area contributed by atoms with Gasteiger partial charge >= 0.3 is 0 Å². The Labute approximate surface area is 224 Å². The highest BCUT2D eigenvalue weighted by Crippen LogP contribution is 2.42. The molecular formula is C31H36N6O. The Morgan fingerprint density at radius 2 is 1.92 bits per heavy atom. The molecule has 5 heterocycles. The number of anilines is 1. The number of carbonyl (C=O) groups is 1. The van der Waals surface area contributed by atoms with Crippen LogP contribution in [0.4, 0.5) is 5.82 Å². The number of nitrogens with one attached hydrogen (secondary N) is 1. The largest absolute Gasteiger partial charge is 0.354 e. The molecule has 1 aromatic carbocycles. The predicted molar refractivity (Wildman–Crippen MR) is 151 cm³/mol. The molecule has 1 unspecified atom stereocenters. The third kappa shape index (κ3) is 4.15. The number of hydrogen-bond donors (Lipinski definition) is 1. The summed E-state index contributed by atoms with van der Waals surface area (Å²) in [6.07, 6.45) is 11.4. The van der Waals surface area contributed by atoms with E-state index in [1.54, 1.807) is 0 Å². The summed E-state index contributed by atoms with van der Waals surface area (Å²) in [5, 5.41) is 8.08. The smallest absolute Gasteiger partial charge is 0.229 e. The zero-order valence-corrected chi connectivity index (χ0v) is 22.0. The van der Waals surface area contributed by atoms with Crippen LogP contribution < -0.4 is 10.2 Å². The maximum Gasteiger partial charge on any atom is 0.229 e. The molecule has 7 heteroatoms. The molecule has 38 heavy (non-hydrogen) atoms. The molecule has 0 saturated carbocycles. The van der Waals surface area contributed by atoms with Crippen LogP contribution in [-0.4, -0.2) is 64.7 Å². The summed E-state index contributed by atoms with van der Waals surface area (Å²) in [5.41, 5.74) is 5.39. The van der Waals surface area contributed by atoms with Crippen molar-refractivity contribution in [2.45, 2.75) is 31.1 Å². The quantitative estimate of drug-likeness (QED) is 0.515. The van der Waals surface area contributed by atoms with E-state index in [1.165, 1.54) is 11.1 Å². The van der Waals surface area contributed by atoms with Crippen molar-refractivity contribution >= 4 is 17.4 Å². The van der Waals surface area contributed by atoms with Gasteiger partial charge in [-0.1, -0.05) is 61.7 Å². The topological polar surface area (TPSA) is 65.8 Å². The molecule has 196 valence electrons. The Morgan fingerprint density at radius 3 is 2.71 bits per heavy atom. The molecule has 0 radical (unpaired) electrons. The summed E-state index contributed by atoms with van der Waals surface area (Å²) in [7, 11) is 0. The van der Waals surface area contributed by atoms with Crippen LogP contribution in [0.3, 0.4) is 0 Å². The zero-order valence-electron chi connectivity index (χ0n) is 22.0. The first-order valence-electron chi connectivity index (χ1n) is 13.8. The molecule has 0 bridgehead atoms. The summed E-state index contributed by atoms with van der Waals surface area (Å²) in [5.74, 6) is 1.35. The van der Waals surface area contributed by atoms with Crippen LogP contribution in [-0.2, 0) is 23.1 Å². The number of allylic oxidation sites excluding steroid dienone is 3. The van der Waals surface area contributed by atoms with E-state index in [-0.39, 0.29) is 17.2 Å². The van der Waals surface area contributed by atoms with Crippen molar-refractivity contribution in [1.82, 2.24) is 24.8 Å².